The van der Waals surface area contributed by atoms with Crippen LogP contribution in [0.15, 0.2) is 54.6 Å². The maximum atomic E-state index is 12.4. The summed E-state index contributed by atoms with van der Waals surface area (Å²) in [6.07, 6.45) is 0.858. The standard InChI is InChI=1S/C22H27N3O2/c1-2-18-8-10-20(11-9-18)23-21(26)16-22(27)25-14-12-24(13-15-25)17-19-6-4-3-5-7-19/h3-11H,2,12-17H2,1H3,(H,23,26). The molecule has 0 aromatic heterocycles. The summed E-state index contributed by atoms with van der Waals surface area (Å²) in [5, 5.41) is 2.81. The molecule has 5 nitrogen and oxygen atoms in total. The van der Waals surface area contributed by atoms with Gasteiger partial charge in [-0.3, -0.25) is 14.5 Å². The van der Waals surface area contributed by atoms with Crippen LogP contribution in [-0.4, -0.2) is 47.8 Å². The van der Waals surface area contributed by atoms with E-state index in [2.05, 4.69) is 29.3 Å². The third-order valence-electron chi connectivity index (χ3n) is 4.93. The molecule has 1 aliphatic heterocycles. The molecule has 0 spiro atoms. The summed E-state index contributed by atoms with van der Waals surface area (Å²) in [5.41, 5.74) is 3.24. The quantitative estimate of drug-likeness (QED) is 0.801. The Labute approximate surface area is 161 Å². The van der Waals surface area contributed by atoms with Gasteiger partial charge >= 0.3 is 0 Å². The van der Waals surface area contributed by atoms with Crippen molar-refractivity contribution in [1.82, 2.24) is 9.80 Å². The van der Waals surface area contributed by atoms with E-state index >= 15 is 0 Å². The number of amides is 2. The third kappa shape index (κ3) is 5.66. The van der Waals surface area contributed by atoms with Crippen LogP contribution in [0, 0.1) is 0 Å². The molecule has 27 heavy (non-hydrogen) atoms. The lowest BCUT2D eigenvalue weighted by Crippen LogP contribution is -2.48. The van der Waals surface area contributed by atoms with Crippen molar-refractivity contribution in [3.8, 4) is 0 Å². The average Bonchev–Trinajstić information content (AvgIpc) is 2.70. The molecule has 0 radical (unpaired) electrons. The molecule has 142 valence electrons. The lowest BCUT2D eigenvalue weighted by atomic mass is 10.1. The van der Waals surface area contributed by atoms with Crippen molar-refractivity contribution in [3.05, 3.63) is 65.7 Å². The molecule has 1 fully saturated rings. The van der Waals surface area contributed by atoms with Crippen molar-refractivity contribution in [2.75, 3.05) is 31.5 Å². The van der Waals surface area contributed by atoms with Crippen LogP contribution in [0.5, 0.6) is 0 Å². The average molecular weight is 365 g/mol. The zero-order chi connectivity index (χ0) is 19.1. The van der Waals surface area contributed by atoms with Crippen LogP contribution in [-0.2, 0) is 22.6 Å². The highest BCUT2D eigenvalue weighted by Crippen LogP contribution is 2.12. The molecule has 5 heteroatoms. The summed E-state index contributed by atoms with van der Waals surface area (Å²) in [5.74, 6) is -0.354. The summed E-state index contributed by atoms with van der Waals surface area (Å²) < 4.78 is 0. The van der Waals surface area contributed by atoms with Crippen molar-refractivity contribution in [3.63, 3.8) is 0 Å². The molecule has 1 aliphatic rings. The Hall–Kier alpha value is -2.66. The Morgan fingerprint density at radius 1 is 0.889 bits per heavy atom. The topological polar surface area (TPSA) is 52.7 Å². The third-order valence-corrected chi connectivity index (χ3v) is 4.93. The van der Waals surface area contributed by atoms with Crippen LogP contribution in [0.1, 0.15) is 24.5 Å². The summed E-state index contributed by atoms with van der Waals surface area (Å²) >= 11 is 0. The molecule has 0 saturated carbocycles. The molecule has 0 aliphatic carbocycles. The molecular formula is C22H27N3O2. The van der Waals surface area contributed by atoms with Gasteiger partial charge in [0.2, 0.25) is 11.8 Å². The van der Waals surface area contributed by atoms with Crippen LogP contribution in [0.25, 0.3) is 0 Å². The zero-order valence-electron chi connectivity index (χ0n) is 15.9. The fourth-order valence-corrected chi connectivity index (χ4v) is 3.28. The van der Waals surface area contributed by atoms with E-state index in [9.17, 15) is 9.59 Å². The van der Waals surface area contributed by atoms with Gasteiger partial charge in [-0.25, -0.2) is 0 Å². The van der Waals surface area contributed by atoms with Crippen molar-refractivity contribution >= 4 is 17.5 Å². The second kappa shape index (κ2) is 9.33. The van der Waals surface area contributed by atoms with Crippen molar-refractivity contribution in [2.45, 2.75) is 26.3 Å². The number of anilines is 1. The summed E-state index contributed by atoms with van der Waals surface area (Å²) in [6, 6.07) is 18.1. The lowest BCUT2D eigenvalue weighted by Gasteiger charge is -2.34. The smallest absolute Gasteiger partial charge is 0.233 e. The highest BCUT2D eigenvalue weighted by atomic mass is 16.2. The Morgan fingerprint density at radius 2 is 1.56 bits per heavy atom. The molecule has 0 unspecified atom stereocenters. The number of carbonyl (C=O) groups excluding carboxylic acids is 2. The minimum Gasteiger partial charge on any atom is -0.340 e. The molecule has 3 rings (SSSR count). The maximum Gasteiger partial charge on any atom is 0.233 e. The fraction of sp³-hybridized carbons (Fsp3) is 0.364. The highest BCUT2D eigenvalue weighted by Gasteiger charge is 2.22. The van der Waals surface area contributed by atoms with E-state index < -0.39 is 0 Å². The van der Waals surface area contributed by atoms with Crippen molar-refractivity contribution < 1.29 is 9.59 Å². The first-order valence-corrected chi connectivity index (χ1v) is 9.57. The second-order valence-electron chi connectivity index (χ2n) is 6.92. The Bertz CT molecular complexity index is 751. The van der Waals surface area contributed by atoms with Crippen LogP contribution in [0.2, 0.25) is 0 Å². The predicted octanol–water partition coefficient (Wildman–Crippen LogP) is 2.92. The Morgan fingerprint density at radius 3 is 2.19 bits per heavy atom. The molecule has 2 amide bonds. The molecule has 0 atom stereocenters. The molecule has 1 N–H and O–H groups in total. The van der Waals surface area contributed by atoms with E-state index in [1.165, 1.54) is 11.1 Å². The molecule has 1 heterocycles. The van der Waals surface area contributed by atoms with Crippen molar-refractivity contribution in [2.24, 2.45) is 0 Å². The first-order chi connectivity index (χ1) is 13.1. The largest absolute Gasteiger partial charge is 0.340 e. The number of carbonyl (C=O) groups is 2. The van der Waals surface area contributed by atoms with Crippen molar-refractivity contribution in [1.29, 1.82) is 0 Å². The maximum absolute atomic E-state index is 12.4. The van der Waals surface area contributed by atoms with Gasteiger partial charge in [0.15, 0.2) is 0 Å². The summed E-state index contributed by atoms with van der Waals surface area (Å²) in [4.78, 5) is 28.7. The Balaban J connectivity index is 1.42. The van der Waals surface area contributed by atoms with Gasteiger partial charge in [-0.05, 0) is 29.7 Å². The van der Waals surface area contributed by atoms with Gasteiger partial charge in [-0.2, -0.15) is 0 Å². The number of nitrogens with one attached hydrogen (secondary N) is 1. The molecule has 2 aromatic carbocycles. The van der Waals surface area contributed by atoms with E-state index in [0.29, 0.717) is 13.1 Å². The monoisotopic (exact) mass is 365 g/mol. The van der Waals surface area contributed by atoms with E-state index in [0.717, 1.165) is 31.7 Å². The highest BCUT2D eigenvalue weighted by molar-refractivity contribution is 6.03. The number of aryl methyl sites for hydroxylation is 1. The zero-order valence-corrected chi connectivity index (χ0v) is 15.9. The van der Waals surface area contributed by atoms with E-state index in [1.807, 2.05) is 42.5 Å². The van der Waals surface area contributed by atoms with Gasteiger partial charge in [0, 0.05) is 38.4 Å². The van der Waals surface area contributed by atoms with Gasteiger partial charge in [0.1, 0.15) is 6.42 Å². The van der Waals surface area contributed by atoms with Gasteiger partial charge in [-0.15, -0.1) is 0 Å². The number of benzene rings is 2. The van der Waals surface area contributed by atoms with Crippen LogP contribution in [0.4, 0.5) is 5.69 Å². The summed E-state index contributed by atoms with van der Waals surface area (Å²) in [6.45, 7) is 6.00. The summed E-state index contributed by atoms with van der Waals surface area (Å²) in [7, 11) is 0. The molecular weight excluding hydrogens is 338 g/mol. The fourth-order valence-electron chi connectivity index (χ4n) is 3.28. The minimum atomic E-state index is -0.254. The number of hydrogen-bond donors (Lipinski definition) is 1. The van der Waals surface area contributed by atoms with Gasteiger partial charge in [0.25, 0.3) is 0 Å². The predicted molar refractivity (Wildman–Crippen MR) is 107 cm³/mol. The van der Waals surface area contributed by atoms with Gasteiger partial charge in [-0.1, -0.05) is 49.4 Å². The number of piperazine rings is 1. The lowest BCUT2D eigenvalue weighted by molar-refractivity contribution is -0.136. The Kier molecular flexibility index (Phi) is 6.60. The van der Waals surface area contributed by atoms with Crippen LogP contribution in [0.3, 0.4) is 0 Å². The number of nitrogens with zero attached hydrogens (tertiary/aromatic N) is 2. The first-order valence-electron chi connectivity index (χ1n) is 9.57. The van der Waals surface area contributed by atoms with Crippen LogP contribution < -0.4 is 5.32 Å². The normalized spacial score (nSPS) is 14.8. The molecule has 0 bridgehead atoms. The SMILES string of the molecule is CCc1ccc(NC(=O)CC(=O)N2CCN(Cc3ccccc3)CC2)cc1. The number of hydrogen-bond acceptors (Lipinski definition) is 3. The van der Waals surface area contributed by atoms with Crippen LogP contribution >= 0.6 is 0 Å². The first kappa shape index (κ1) is 19.1. The molecule has 2 aromatic rings. The molecule has 1 saturated heterocycles. The second-order valence-corrected chi connectivity index (χ2v) is 6.92. The van der Waals surface area contributed by atoms with Gasteiger partial charge < -0.3 is 10.2 Å². The van der Waals surface area contributed by atoms with E-state index in [1.54, 1.807) is 4.90 Å². The van der Waals surface area contributed by atoms with E-state index in [-0.39, 0.29) is 18.2 Å². The van der Waals surface area contributed by atoms with E-state index in [4.69, 9.17) is 0 Å². The number of rotatable bonds is 6. The van der Waals surface area contributed by atoms with Gasteiger partial charge in [0.05, 0.1) is 0 Å². The minimum absolute atomic E-state index is 0.1000.